The number of aryl methyl sites for hydroxylation is 2. The van der Waals surface area contributed by atoms with Gasteiger partial charge in [-0.3, -0.25) is 4.79 Å². The molecular weight excluding hydrogens is 364 g/mol. The van der Waals surface area contributed by atoms with E-state index in [-0.39, 0.29) is 18.5 Å². The van der Waals surface area contributed by atoms with Crippen LogP contribution in [0, 0.1) is 0 Å². The zero-order chi connectivity index (χ0) is 19.6. The molecule has 1 heterocycles. The minimum absolute atomic E-state index is 0.0722. The molecular formula is C20H26N2O4S. The van der Waals surface area contributed by atoms with Crippen LogP contribution >= 0.6 is 11.3 Å². The van der Waals surface area contributed by atoms with Crippen LogP contribution in [0.15, 0.2) is 29.3 Å². The third kappa shape index (κ3) is 6.46. The summed E-state index contributed by atoms with van der Waals surface area (Å²) < 4.78 is 0. The van der Waals surface area contributed by atoms with Gasteiger partial charge in [-0.05, 0) is 61.9 Å². The second-order valence-corrected chi connectivity index (χ2v) is 7.42. The highest BCUT2D eigenvalue weighted by Crippen LogP contribution is 2.29. The Bertz CT molecular complexity index is 773. The second kappa shape index (κ2) is 10.8. The van der Waals surface area contributed by atoms with Crippen LogP contribution in [0.5, 0.6) is 5.75 Å². The summed E-state index contributed by atoms with van der Waals surface area (Å²) in [5.41, 5.74) is 2.12. The molecule has 0 fully saturated rings. The Morgan fingerprint density at radius 2 is 2.11 bits per heavy atom. The minimum atomic E-state index is -0.324. The van der Waals surface area contributed by atoms with Crippen LogP contribution in [0.4, 0.5) is 11.4 Å². The second-order valence-electron chi connectivity index (χ2n) is 6.25. The van der Waals surface area contributed by atoms with Crippen molar-refractivity contribution in [3.63, 3.8) is 0 Å². The third-order valence-electron chi connectivity index (χ3n) is 4.21. The number of rotatable bonds is 11. The molecule has 0 radical (unpaired) electrons. The molecule has 6 nitrogen and oxygen atoms in total. The monoisotopic (exact) mass is 390 g/mol. The van der Waals surface area contributed by atoms with E-state index in [0.29, 0.717) is 36.2 Å². The average Bonchev–Trinajstić information content (AvgIpc) is 3.08. The normalized spacial score (nSPS) is 12.4. The van der Waals surface area contributed by atoms with E-state index in [9.17, 15) is 15.0 Å². The quantitative estimate of drug-likeness (QED) is 0.203. The van der Waals surface area contributed by atoms with E-state index in [1.54, 1.807) is 12.1 Å². The van der Waals surface area contributed by atoms with E-state index in [1.807, 2.05) is 19.1 Å². The van der Waals surface area contributed by atoms with E-state index in [2.05, 4.69) is 10.3 Å². The summed E-state index contributed by atoms with van der Waals surface area (Å²) in [5, 5.41) is 31.5. The van der Waals surface area contributed by atoms with E-state index in [4.69, 9.17) is 5.11 Å². The van der Waals surface area contributed by atoms with Crippen molar-refractivity contribution in [1.29, 1.82) is 0 Å². The Morgan fingerprint density at radius 3 is 2.81 bits per heavy atom. The molecule has 1 aromatic carbocycles. The highest BCUT2D eigenvalue weighted by molar-refractivity contribution is 7.14. The van der Waals surface area contributed by atoms with Crippen LogP contribution in [-0.2, 0) is 12.8 Å². The van der Waals surface area contributed by atoms with Gasteiger partial charge in [-0.1, -0.05) is 6.92 Å². The molecule has 2 rings (SSSR count). The van der Waals surface area contributed by atoms with E-state index in [0.717, 1.165) is 28.8 Å². The largest absolute Gasteiger partial charge is 0.508 e. The van der Waals surface area contributed by atoms with Crippen molar-refractivity contribution in [2.45, 2.75) is 45.1 Å². The van der Waals surface area contributed by atoms with Crippen molar-refractivity contribution >= 4 is 35.3 Å². The number of nitrogens with one attached hydrogen (secondary N) is 1. The Balaban J connectivity index is 2.03. The van der Waals surface area contributed by atoms with Gasteiger partial charge in [-0.15, -0.1) is 11.3 Å². The number of hydrogen-bond acceptors (Lipinski definition) is 6. The van der Waals surface area contributed by atoms with Crippen LogP contribution in [0.3, 0.4) is 0 Å². The molecule has 27 heavy (non-hydrogen) atoms. The summed E-state index contributed by atoms with van der Waals surface area (Å²) in [7, 11) is 0. The van der Waals surface area contributed by atoms with Crippen LogP contribution in [-0.4, -0.2) is 40.7 Å². The molecule has 0 aliphatic rings. The fourth-order valence-corrected chi connectivity index (χ4v) is 3.53. The summed E-state index contributed by atoms with van der Waals surface area (Å²) in [6.07, 6.45) is 5.26. The first-order valence-electron chi connectivity index (χ1n) is 9.05. The number of carbonyl (C=O) groups is 1. The van der Waals surface area contributed by atoms with E-state index < -0.39 is 0 Å². The average molecular weight is 391 g/mol. The maximum Gasteiger partial charge on any atom is 0.162 e. The zero-order valence-electron chi connectivity index (χ0n) is 15.4. The summed E-state index contributed by atoms with van der Waals surface area (Å²) >= 11 is 1.39. The number of thiophene rings is 1. The van der Waals surface area contributed by atoms with Gasteiger partial charge in [0.25, 0.3) is 0 Å². The molecule has 0 spiro atoms. The van der Waals surface area contributed by atoms with Crippen molar-refractivity contribution in [2.75, 3.05) is 11.9 Å². The predicted octanol–water partition coefficient (Wildman–Crippen LogP) is 3.67. The van der Waals surface area contributed by atoms with Gasteiger partial charge in [0.1, 0.15) is 5.75 Å². The molecule has 0 aliphatic carbocycles. The predicted molar refractivity (Wildman–Crippen MR) is 110 cm³/mol. The van der Waals surface area contributed by atoms with Gasteiger partial charge < -0.3 is 20.6 Å². The van der Waals surface area contributed by atoms with Crippen molar-refractivity contribution in [2.24, 2.45) is 4.99 Å². The minimum Gasteiger partial charge on any atom is -0.508 e. The van der Waals surface area contributed by atoms with Crippen LogP contribution in [0.2, 0.25) is 0 Å². The number of hydrogen-bond donors (Lipinski definition) is 4. The number of aliphatic hydroxyl groups is 2. The number of aliphatic hydroxyl groups excluding tert-OH is 2. The first-order valence-corrected chi connectivity index (χ1v) is 9.86. The molecule has 1 unspecified atom stereocenters. The van der Waals surface area contributed by atoms with Gasteiger partial charge in [-0.25, -0.2) is 4.99 Å². The van der Waals surface area contributed by atoms with Crippen molar-refractivity contribution < 1.29 is 20.1 Å². The highest BCUT2D eigenvalue weighted by Gasteiger charge is 2.09. The molecule has 1 atom stereocenters. The lowest BCUT2D eigenvalue weighted by molar-refractivity contribution is 0.112. The molecule has 0 saturated carbocycles. The first-order chi connectivity index (χ1) is 13.1. The number of aromatic hydroxyl groups is 1. The zero-order valence-corrected chi connectivity index (χ0v) is 16.2. The SMILES string of the molecule is CCC(O)CCc1cc(N=CNc2ccc(O)c(CCCO)c2)c(C=O)s1. The molecule has 0 amide bonds. The van der Waals surface area contributed by atoms with Crippen molar-refractivity contribution in [3.05, 3.63) is 39.6 Å². The van der Waals surface area contributed by atoms with Crippen molar-refractivity contribution in [1.82, 2.24) is 0 Å². The highest BCUT2D eigenvalue weighted by atomic mass is 32.1. The molecule has 4 N–H and O–H groups in total. The fourth-order valence-electron chi connectivity index (χ4n) is 2.59. The number of nitrogens with zero attached hydrogens (tertiary/aromatic N) is 1. The molecule has 1 aromatic heterocycles. The first kappa shape index (κ1) is 21.1. The smallest absolute Gasteiger partial charge is 0.162 e. The number of aldehydes is 1. The van der Waals surface area contributed by atoms with Crippen LogP contribution in [0.1, 0.15) is 46.3 Å². The van der Waals surface area contributed by atoms with Gasteiger partial charge in [0.15, 0.2) is 6.29 Å². The molecule has 146 valence electrons. The Hall–Kier alpha value is -2.22. The summed E-state index contributed by atoms with van der Waals surface area (Å²) in [6, 6.07) is 7.01. The number of carbonyl (C=O) groups excluding carboxylic acids is 1. The van der Waals surface area contributed by atoms with Gasteiger partial charge in [0.05, 0.1) is 23.0 Å². The van der Waals surface area contributed by atoms with E-state index in [1.165, 1.54) is 17.7 Å². The van der Waals surface area contributed by atoms with Crippen LogP contribution in [0.25, 0.3) is 0 Å². The number of benzene rings is 1. The lowest BCUT2D eigenvalue weighted by Gasteiger charge is -2.07. The fraction of sp³-hybridized carbons (Fsp3) is 0.400. The van der Waals surface area contributed by atoms with Crippen molar-refractivity contribution in [3.8, 4) is 5.75 Å². The molecule has 7 heteroatoms. The number of anilines is 1. The summed E-state index contributed by atoms with van der Waals surface area (Å²) in [4.78, 5) is 17.2. The Kier molecular flexibility index (Phi) is 8.44. The molecule has 0 bridgehead atoms. The Labute approximate surface area is 163 Å². The van der Waals surface area contributed by atoms with Gasteiger partial charge in [-0.2, -0.15) is 0 Å². The maximum atomic E-state index is 11.3. The summed E-state index contributed by atoms with van der Waals surface area (Å²) in [5.74, 6) is 0.200. The lowest BCUT2D eigenvalue weighted by atomic mass is 10.1. The summed E-state index contributed by atoms with van der Waals surface area (Å²) in [6.45, 7) is 2.01. The Morgan fingerprint density at radius 1 is 1.30 bits per heavy atom. The number of phenols is 1. The standard InChI is InChI=1S/C20H26N2O4S/c1-2-16(25)6-7-17-11-18(20(12-24)27-17)22-13-21-15-5-8-19(26)14(10-15)4-3-9-23/h5,8,10-13,16,23,25-26H,2-4,6-7,9H2,1H3,(H,21,22). The molecule has 2 aromatic rings. The maximum absolute atomic E-state index is 11.3. The van der Waals surface area contributed by atoms with Gasteiger partial charge in [0, 0.05) is 17.2 Å². The number of phenolic OH excluding ortho intramolecular Hbond substituents is 1. The molecule has 0 aliphatic heterocycles. The van der Waals surface area contributed by atoms with Gasteiger partial charge >= 0.3 is 0 Å². The number of aliphatic imine (C=N–C) groups is 1. The van der Waals surface area contributed by atoms with Crippen LogP contribution < -0.4 is 5.32 Å². The third-order valence-corrected chi connectivity index (χ3v) is 5.32. The van der Waals surface area contributed by atoms with E-state index >= 15 is 0 Å². The lowest BCUT2D eigenvalue weighted by Crippen LogP contribution is -2.04. The van der Waals surface area contributed by atoms with Gasteiger partial charge in [0.2, 0.25) is 0 Å². The topological polar surface area (TPSA) is 102 Å². The molecule has 0 saturated heterocycles.